The average Bonchev–Trinajstić information content (AvgIpc) is 3.09. The molecule has 10 heteroatoms. The fourth-order valence-corrected chi connectivity index (χ4v) is 3.40. The maximum Gasteiger partial charge on any atom is 0.302 e. The molecular formula is C16H18N4O5S. The maximum absolute atomic E-state index is 12.4. The van der Waals surface area contributed by atoms with Gasteiger partial charge in [-0.25, -0.2) is 8.42 Å². The molecule has 0 bridgehead atoms. The number of nitrogens with one attached hydrogen (secondary N) is 1. The number of rotatable bonds is 4. The van der Waals surface area contributed by atoms with Crippen LogP contribution in [0.15, 0.2) is 41.0 Å². The summed E-state index contributed by atoms with van der Waals surface area (Å²) in [5.41, 5.74) is 0.497. The lowest BCUT2D eigenvalue weighted by atomic mass is 10.2. The first-order chi connectivity index (χ1) is 12.3. The van der Waals surface area contributed by atoms with Crippen molar-refractivity contribution in [3.05, 3.63) is 47.9 Å². The van der Waals surface area contributed by atoms with E-state index in [9.17, 15) is 18.0 Å². The summed E-state index contributed by atoms with van der Waals surface area (Å²) in [6.07, 6.45) is 2.32. The van der Waals surface area contributed by atoms with Crippen LogP contribution in [0.5, 0.6) is 0 Å². The van der Waals surface area contributed by atoms with Gasteiger partial charge < -0.3 is 9.32 Å². The first kappa shape index (κ1) is 18.1. The lowest BCUT2D eigenvalue weighted by molar-refractivity contribution is 0.0692. The molecule has 1 aromatic carbocycles. The van der Waals surface area contributed by atoms with E-state index in [0.717, 1.165) is 6.26 Å². The zero-order chi connectivity index (χ0) is 18.7. The number of anilines is 1. The molecule has 1 aromatic heterocycles. The summed E-state index contributed by atoms with van der Waals surface area (Å²) >= 11 is 0. The third-order valence-electron chi connectivity index (χ3n) is 3.97. The van der Waals surface area contributed by atoms with Gasteiger partial charge in [-0.1, -0.05) is 18.2 Å². The molecule has 1 fully saturated rings. The summed E-state index contributed by atoms with van der Waals surface area (Å²) in [6, 6.07) is 8.47. The summed E-state index contributed by atoms with van der Waals surface area (Å²) in [4.78, 5) is 30.0. The largest absolute Gasteiger partial charge is 0.431 e. The first-order valence-electron chi connectivity index (χ1n) is 7.91. The Morgan fingerprint density at radius 3 is 2.38 bits per heavy atom. The Kier molecular flexibility index (Phi) is 5.05. The van der Waals surface area contributed by atoms with E-state index in [1.54, 1.807) is 30.3 Å². The molecule has 0 saturated carbocycles. The van der Waals surface area contributed by atoms with Gasteiger partial charge in [-0.2, -0.15) is 9.29 Å². The average molecular weight is 378 g/mol. The van der Waals surface area contributed by atoms with Gasteiger partial charge in [0.2, 0.25) is 10.0 Å². The molecule has 3 rings (SSSR count). The van der Waals surface area contributed by atoms with E-state index >= 15 is 0 Å². The minimum Gasteiger partial charge on any atom is -0.431 e. The highest BCUT2D eigenvalue weighted by atomic mass is 32.2. The van der Waals surface area contributed by atoms with E-state index in [0.29, 0.717) is 5.56 Å². The van der Waals surface area contributed by atoms with E-state index in [1.165, 1.54) is 15.5 Å². The van der Waals surface area contributed by atoms with Gasteiger partial charge in [0.15, 0.2) is 5.69 Å². The zero-order valence-electron chi connectivity index (χ0n) is 14.1. The van der Waals surface area contributed by atoms with Crippen LogP contribution in [-0.2, 0) is 10.0 Å². The Morgan fingerprint density at radius 2 is 1.77 bits per heavy atom. The summed E-state index contributed by atoms with van der Waals surface area (Å²) in [5, 5.41) is 2.49. The van der Waals surface area contributed by atoms with E-state index in [2.05, 4.69) is 10.3 Å². The highest BCUT2D eigenvalue weighted by Crippen LogP contribution is 2.14. The van der Waals surface area contributed by atoms with Gasteiger partial charge in [-0.3, -0.25) is 14.9 Å². The standard InChI is InChI=1S/C16H18N4O5S/c1-26(23,24)20-9-7-19(8-10-20)15(22)13-11-25-16(17-13)18-14(21)12-5-3-2-4-6-12/h2-6,11H,7-10H2,1H3,(H,17,18,21). The van der Waals surface area contributed by atoms with Crippen LogP contribution in [0.25, 0.3) is 0 Å². The molecule has 1 saturated heterocycles. The van der Waals surface area contributed by atoms with Crippen molar-refractivity contribution in [1.82, 2.24) is 14.2 Å². The molecular weight excluding hydrogens is 360 g/mol. The number of sulfonamides is 1. The lowest BCUT2D eigenvalue weighted by Gasteiger charge is -2.32. The molecule has 138 valence electrons. The van der Waals surface area contributed by atoms with Crippen molar-refractivity contribution >= 4 is 27.9 Å². The summed E-state index contributed by atoms with van der Waals surface area (Å²) in [6.45, 7) is 1.01. The second kappa shape index (κ2) is 7.26. The molecule has 2 heterocycles. The molecule has 0 spiro atoms. The Labute approximate surface area is 150 Å². The number of benzene rings is 1. The van der Waals surface area contributed by atoms with E-state index < -0.39 is 15.9 Å². The normalized spacial score (nSPS) is 15.7. The monoisotopic (exact) mass is 378 g/mol. The summed E-state index contributed by atoms with van der Waals surface area (Å²) < 4.78 is 29.5. The fourth-order valence-electron chi connectivity index (χ4n) is 2.57. The van der Waals surface area contributed by atoms with Crippen LogP contribution in [0, 0.1) is 0 Å². The number of aromatic nitrogens is 1. The number of piperazine rings is 1. The van der Waals surface area contributed by atoms with Gasteiger partial charge in [-0.15, -0.1) is 0 Å². The number of nitrogens with zero attached hydrogens (tertiary/aromatic N) is 3. The van der Waals surface area contributed by atoms with Crippen molar-refractivity contribution in [2.45, 2.75) is 0 Å². The van der Waals surface area contributed by atoms with Gasteiger partial charge in [0.1, 0.15) is 6.26 Å². The molecule has 0 aliphatic carbocycles. The number of hydrogen-bond donors (Lipinski definition) is 1. The third kappa shape index (κ3) is 4.09. The van der Waals surface area contributed by atoms with E-state index in [-0.39, 0.29) is 43.8 Å². The quantitative estimate of drug-likeness (QED) is 0.836. The van der Waals surface area contributed by atoms with Crippen molar-refractivity contribution in [2.24, 2.45) is 0 Å². The van der Waals surface area contributed by atoms with Crippen LogP contribution < -0.4 is 5.32 Å². The van der Waals surface area contributed by atoms with Gasteiger partial charge in [0, 0.05) is 31.7 Å². The van der Waals surface area contributed by atoms with Gasteiger partial charge >= 0.3 is 6.01 Å². The molecule has 2 amide bonds. The van der Waals surface area contributed by atoms with E-state index in [4.69, 9.17) is 4.42 Å². The molecule has 9 nitrogen and oxygen atoms in total. The molecule has 26 heavy (non-hydrogen) atoms. The number of carbonyl (C=O) groups is 2. The minimum atomic E-state index is -3.26. The number of amides is 2. The summed E-state index contributed by atoms with van der Waals surface area (Å²) in [5.74, 6) is -0.768. The molecule has 0 radical (unpaired) electrons. The smallest absolute Gasteiger partial charge is 0.302 e. The van der Waals surface area contributed by atoms with Crippen LogP contribution in [0.2, 0.25) is 0 Å². The first-order valence-corrected chi connectivity index (χ1v) is 9.76. The van der Waals surface area contributed by atoms with Crippen molar-refractivity contribution in [1.29, 1.82) is 0 Å². The van der Waals surface area contributed by atoms with E-state index in [1.807, 2.05) is 0 Å². The van der Waals surface area contributed by atoms with Gasteiger partial charge in [0.05, 0.1) is 6.26 Å². The predicted molar refractivity (Wildman–Crippen MR) is 93.2 cm³/mol. The number of carbonyl (C=O) groups excluding carboxylic acids is 2. The SMILES string of the molecule is CS(=O)(=O)N1CCN(C(=O)c2coc(NC(=O)c3ccccc3)n2)CC1. The third-order valence-corrected chi connectivity index (χ3v) is 5.28. The Morgan fingerprint density at radius 1 is 1.12 bits per heavy atom. The zero-order valence-corrected chi connectivity index (χ0v) is 14.9. The molecule has 1 aliphatic rings. The Bertz CT molecular complexity index is 902. The van der Waals surface area contributed by atoms with Crippen LogP contribution in [0.3, 0.4) is 0 Å². The predicted octanol–water partition coefficient (Wildman–Crippen LogP) is 0.644. The second-order valence-corrected chi connectivity index (χ2v) is 7.79. The number of oxazole rings is 1. The van der Waals surface area contributed by atoms with Crippen molar-refractivity contribution in [3.63, 3.8) is 0 Å². The second-order valence-electron chi connectivity index (χ2n) is 5.81. The molecule has 0 unspecified atom stereocenters. The fraction of sp³-hybridized carbons (Fsp3) is 0.312. The Hall–Kier alpha value is -2.72. The molecule has 1 N–H and O–H groups in total. The number of hydrogen-bond acceptors (Lipinski definition) is 6. The minimum absolute atomic E-state index is 0.0566. The topological polar surface area (TPSA) is 113 Å². The molecule has 0 atom stereocenters. The highest BCUT2D eigenvalue weighted by Gasteiger charge is 2.28. The van der Waals surface area contributed by atoms with Gasteiger partial charge in [0.25, 0.3) is 11.8 Å². The molecule has 1 aliphatic heterocycles. The molecule has 2 aromatic rings. The van der Waals surface area contributed by atoms with Crippen LogP contribution in [-0.4, -0.2) is 66.9 Å². The Balaban J connectivity index is 1.61. The maximum atomic E-state index is 12.4. The van der Waals surface area contributed by atoms with Gasteiger partial charge in [-0.05, 0) is 12.1 Å². The van der Waals surface area contributed by atoms with Crippen LogP contribution in [0.1, 0.15) is 20.8 Å². The lowest BCUT2D eigenvalue weighted by Crippen LogP contribution is -2.50. The summed E-state index contributed by atoms with van der Waals surface area (Å²) in [7, 11) is -3.26. The van der Waals surface area contributed by atoms with Crippen molar-refractivity contribution < 1.29 is 22.4 Å². The van der Waals surface area contributed by atoms with Crippen LogP contribution in [0.4, 0.5) is 6.01 Å². The van der Waals surface area contributed by atoms with Crippen LogP contribution >= 0.6 is 0 Å². The van der Waals surface area contributed by atoms with Crippen molar-refractivity contribution in [2.75, 3.05) is 37.8 Å². The van der Waals surface area contributed by atoms with Crippen molar-refractivity contribution in [3.8, 4) is 0 Å². The highest BCUT2D eigenvalue weighted by molar-refractivity contribution is 7.88.